The van der Waals surface area contributed by atoms with Gasteiger partial charge in [0.2, 0.25) is 0 Å². The maximum absolute atomic E-state index is 11.5. The van der Waals surface area contributed by atoms with E-state index in [1.54, 1.807) is 42.5 Å². The van der Waals surface area contributed by atoms with Gasteiger partial charge in [-0.05, 0) is 29.8 Å². The highest BCUT2D eigenvalue weighted by Crippen LogP contribution is 2.32. The van der Waals surface area contributed by atoms with Gasteiger partial charge in [0, 0.05) is 5.56 Å². The predicted octanol–water partition coefficient (Wildman–Crippen LogP) is 3.03. The Kier molecular flexibility index (Phi) is 4.68. The zero-order chi connectivity index (χ0) is 16.1. The van der Waals surface area contributed by atoms with E-state index >= 15 is 0 Å². The van der Waals surface area contributed by atoms with Crippen molar-refractivity contribution in [3.8, 4) is 17.2 Å². The molecule has 0 atom stereocenters. The minimum absolute atomic E-state index is 0.0613. The Hall–Kier alpha value is -2.95. The van der Waals surface area contributed by atoms with Crippen molar-refractivity contribution in [2.75, 3.05) is 14.2 Å². The van der Waals surface area contributed by atoms with Gasteiger partial charge in [0.15, 0.2) is 11.5 Å². The molecule has 22 heavy (non-hydrogen) atoms. The third kappa shape index (κ3) is 3.20. The van der Waals surface area contributed by atoms with Gasteiger partial charge in [-0.3, -0.25) is 0 Å². The molecule has 0 bridgehead atoms. The van der Waals surface area contributed by atoms with Crippen LogP contribution in [-0.2, 0) is 4.79 Å². The molecule has 0 unspecified atom stereocenters. The van der Waals surface area contributed by atoms with Gasteiger partial charge in [-0.1, -0.05) is 24.3 Å². The lowest BCUT2D eigenvalue weighted by Crippen LogP contribution is -2.00. The second kappa shape index (κ2) is 6.67. The number of benzene rings is 2. The molecule has 0 saturated carbocycles. The van der Waals surface area contributed by atoms with E-state index < -0.39 is 5.97 Å². The molecule has 5 nitrogen and oxygen atoms in total. The van der Waals surface area contributed by atoms with Crippen molar-refractivity contribution in [1.29, 1.82) is 0 Å². The molecule has 0 aliphatic rings. The standard InChI is InChI=1S/C17H16O5/c1-21-13-8-6-11(7-9-13)14(17(19)20)10-12-4-3-5-15(22-2)16(12)18/h3-10,18H,1-2H3,(H,19,20)/b14-10-. The highest BCUT2D eigenvalue weighted by atomic mass is 16.5. The molecule has 2 rings (SSSR count). The van der Waals surface area contributed by atoms with Gasteiger partial charge in [-0.15, -0.1) is 0 Å². The minimum Gasteiger partial charge on any atom is -0.504 e. The van der Waals surface area contributed by atoms with Gasteiger partial charge in [0.05, 0.1) is 19.8 Å². The fraction of sp³-hybridized carbons (Fsp3) is 0.118. The van der Waals surface area contributed by atoms with Crippen LogP contribution in [0.4, 0.5) is 0 Å². The van der Waals surface area contributed by atoms with Gasteiger partial charge >= 0.3 is 5.97 Å². The van der Waals surface area contributed by atoms with Gasteiger partial charge < -0.3 is 19.7 Å². The molecule has 0 amide bonds. The fourth-order valence-electron chi connectivity index (χ4n) is 2.02. The normalized spacial score (nSPS) is 11.1. The van der Waals surface area contributed by atoms with Crippen LogP contribution < -0.4 is 9.47 Å². The van der Waals surface area contributed by atoms with Crippen LogP contribution in [0.2, 0.25) is 0 Å². The topological polar surface area (TPSA) is 76.0 Å². The summed E-state index contributed by atoms with van der Waals surface area (Å²) < 4.78 is 10.1. The molecule has 0 fully saturated rings. The molecular formula is C17H16O5. The molecule has 0 aromatic heterocycles. The first-order chi connectivity index (χ1) is 10.6. The average Bonchev–Trinajstić information content (AvgIpc) is 2.54. The van der Waals surface area contributed by atoms with Gasteiger partial charge in [-0.2, -0.15) is 0 Å². The number of carbonyl (C=O) groups is 1. The van der Waals surface area contributed by atoms with Crippen LogP contribution in [0.5, 0.6) is 17.2 Å². The number of phenols is 1. The summed E-state index contributed by atoms with van der Waals surface area (Å²) in [6, 6.07) is 11.5. The number of carboxylic acid groups (broad SMARTS) is 1. The van der Waals surface area contributed by atoms with Gasteiger partial charge in [0.25, 0.3) is 0 Å². The third-order valence-corrected chi connectivity index (χ3v) is 3.18. The van der Waals surface area contributed by atoms with E-state index in [2.05, 4.69) is 0 Å². The zero-order valence-corrected chi connectivity index (χ0v) is 12.2. The van der Waals surface area contributed by atoms with Crippen LogP contribution in [0.3, 0.4) is 0 Å². The molecule has 0 radical (unpaired) electrons. The Labute approximate surface area is 128 Å². The van der Waals surface area contributed by atoms with E-state index in [1.807, 2.05) is 0 Å². The number of hydrogen-bond acceptors (Lipinski definition) is 4. The lowest BCUT2D eigenvalue weighted by atomic mass is 10.0. The smallest absolute Gasteiger partial charge is 0.336 e. The molecule has 0 aliphatic heterocycles. The van der Waals surface area contributed by atoms with Crippen molar-refractivity contribution in [3.05, 3.63) is 53.6 Å². The Balaban J connectivity index is 2.49. The van der Waals surface area contributed by atoms with E-state index in [-0.39, 0.29) is 17.1 Å². The summed E-state index contributed by atoms with van der Waals surface area (Å²) in [7, 11) is 2.97. The van der Waals surface area contributed by atoms with Crippen LogP contribution in [0.1, 0.15) is 11.1 Å². The SMILES string of the molecule is COc1ccc(/C(=C/c2cccc(OC)c2O)C(=O)O)cc1. The van der Waals surface area contributed by atoms with E-state index in [0.29, 0.717) is 16.9 Å². The number of aliphatic carboxylic acids is 1. The molecule has 2 N–H and O–H groups in total. The Bertz CT molecular complexity index is 701. The number of ether oxygens (including phenoxy) is 2. The summed E-state index contributed by atoms with van der Waals surface area (Å²) in [6.07, 6.45) is 1.40. The number of phenolic OH excluding ortho intramolecular Hbond substituents is 1. The molecular weight excluding hydrogens is 284 g/mol. The maximum atomic E-state index is 11.5. The van der Waals surface area contributed by atoms with E-state index in [9.17, 15) is 15.0 Å². The molecule has 114 valence electrons. The van der Waals surface area contributed by atoms with Crippen LogP contribution in [0.25, 0.3) is 11.6 Å². The van der Waals surface area contributed by atoms with Crippen molar-refractivity contribution < 1.29 is 24.5 Å². The van der Waals surface area contributed by atoms with Crippen molar-refractivity contribution in [3.63, 3.8) is 0 Å². The summed E-state index contributed by atoms with van der Waals surface area (Å²) in [6.45, 7) is 0. The first-order valence-electron chi connectivity index (χ1n) is 6.52. The van der Waals surface area contributed by atoms with Crippen molar-refractivity contribution in [2.24, 2.45) is 0 Å². The summed E-state index contributed by atoms with van der Waals surface area (Å²) in [5, 5.41) is 19.5. The fourth-order valence-corrected chi connectivity index (χ4v) is 2.02. The van der Waals surface area contributed by atoms with E-state index in [4.69, 9.17) is 9.47 Å². The van der Waals surface area contributed by atoms with Gasteiger partial charge in [-0.25, -0.2) is 4.79 Å². The van der Waals surface area contributed by atoms with Crippen molar-refractivity contribution >= 4 is 17.6 Å². The average molecular weight is 300 g/mol. The lowest BCUT2D eigenvalue weighted by Gasteiger charge is -2.08. The number of carboxylic acids is 1. The van der Waals surface area contributed by atoms with Crippen molar-refractivity contribution in [2.45, 2.75) is 0 Å². The maximum Gasteiger partial charge on any atom is 0.336 e. The number of aromatic hydroxyl groups is 1. The summed E-state index contributed by atoms with van der Waals surface area (Å²) >= 11 is 0. The highest BCUT2D eigenvalue weighted by molar-refractivity contribution is 6.20. The molecule has 2 aromatic carbocycles. The van der Waals surface area contributed by atoms with Crippen LogP contribution in [-0.4, -0.2) is 30.4 Å². The van der Waals surface area contributed by atoms with E-state index in [0.717, 1.165) is 0 Å². The Morgan fingerprint density at radius 2 is 1.73 bits per heavy atom. The quantitative estimate of drug-likeness (QED) is 0.655. The predicted molar refractivity (Wildman–Crippen MR) is 83.2 cm³/mol. The molecule has 0 aliphatic carbocycles. The largest absolute Gasteiger partial charge is 0.504 e. The zero-order valence-electron chi connectivity index (χ0n) is 12.2. The molecule has 0 saturated heterocycles. The Morgan fingerprint density at radius 3 is 2.27 bits per heavy atom. The summed E-state index contributed by atoms with van der Waals surface area (Å²) in [5.74, 6) is -0.268. The minimum atomic E-state index is -1.09. The lowest BCUT2D eigenvalue weighted by molar-refractivity contribution is -0.130. The third-order valence-electron chi connectivity index (χ3n) is 3.18. The second-order valence-corrected chi connectivity index (χ2v) is 4.49. The van der Waals surface area contributed by atoms with Crippen molar-refractivity contribution in [1.82, 2.24) is 0 Å². The first-order valence-corrected chi connectivity index (χ1v) is 6.52. The summed E-state index contributed by atoms with van der Waals surface area (Å²) in [4.78, 5) is 11.5. The second-order valence-electron chi connectivity index (χ2n) is 4.49. The number of hydrogen-bond donors (Lipinski definition) is 2. The number of para-hydroxylation sites is 1. The first kappa shape index (κ1) is 15.4. The monoisotopic (exact) mass is 300 g/mol. The highest BCUT2D eigenvalue weighted by Gasteiger charge is 2.13. The van der Waals surface area contributed by atoms with Crippen LogP contribution in [0.15, 0.2) is 42.5 Å². The number of methoxy groups -OCH3 is 2. The van der Waals surface area contributed by atoms with E-state index in [1.165, 1.54) is 20.3 Å². The number of rotatable bonds is 5. The molecule has 0 heterocycles. The van der Waals surface area contributed by atoms with Crippen LogP contribution >= 0.6 is 0 Å². The molecule has 2 aromatic rings. The summed E-state index contributed by atoms with van der Waals surface area (Å²) in [5.41, 5.74) is 0.939. The van der Waals surface area contributed by atoms with Gasteiger partial charge in [0.1, 0.15) is 5.75 Å². The van der Waals surface area contributed by atoms with Crippen LogP contribution in [0, 0.1) is 0 Å². The molecule has 5 heteroatoms. The molecule has 0 spiro atoms. The Morgan fingerprint density at radius 1 is 1.05 bits per heavy atom.